The predicted octanol–water partition coefficient (Wildman–Crippen LogP) is 2.08. The number of aromatic hydroxyl groups is 2. The van der Waals surface area contributed by atoms with Crippen molar-refractivity contribution >= 4 is 69.3 Å². The van der Waals surface area contributed by atoms with E-state index in [0.29, 0.717) is 61.6 Å². The number of fused-ring (bicyclic) bond motifs is 4. The molecule has 2 aromatic rings. The number of nitrogens with two attached hydrogens (primary N) is 1. The van der Waals surface area contributed by atoms with Gasteiger partial charge in [0.2, 0.25) is 17.3 Å². The number of quaternary nitrogens is 1. The summed E-state index contributed by atoms with van der Waals surface area (Å²) in [5.74, 6) is -9.80. The fourth-order valence-electron chi connectivity index (χ4n) is 7.51. The highest BCUT2D eigenvalue weighted by Gasteiger charge is 2.57. The second kappa shape index (κ2) is 14.5. The molecule has 55 heavy (non-hydrogen) atoms. The van der Waals surface area contributed by atoms with Crippen molar-refractivity contribution in [1.29, 1.82) is 0 Å². The van der Waals surface area contributed by atoms with Gasteiger partial charge in [0, 0.05) is 59.4 Å². The van der Waals surface area contributed by atoms with Crippen LogP contribution in [0.15, 0.2) is 33.9 Å². The van der Waals surface area contributed by atoms with Gasteiger partial charge in [-0.2, -0.15) is 0 Å². The molecule has 0 aliphatic carbocycles. The van der Waals surface area contributed by atoms with E-state index in [4.69, 9.17) is 10.6 Å². The number of carboxylic acid groups (broad SMARTS) is 2. The molecule has 6 heterocycles. The fourth-order valence-corrected chi connectivity index (χ4v) is 9.56. The Morgan fingerprint density at radius 1 is 1.15 bits per heavy atom. The molecular weight excluding hydrogens is 764 g/mol. The number of Topliss-reactive ketones (excluding diaryl/α,β-unsaturated/α-hetero) is 2. The van der Waals surface area contributed by atoms with Crippen LogP contribution in [0.25, 0.3) is 0 Å². The second-order valence-electron chi connectivity index (χ2n) is 15.0. The molecule has 2 amide bonds. The summed E-state index contributed by atoms with van der Waals surface area (Å²) in [6.45, 7) is 6.92. The minimum Gasteiger partial charge on any atom is -0.504 e. The van der Waals surface area contributed by atoms with Crippen LogP contribution in [0.5, 0.6) is 11.5 Å². The summed E-state index contributed by atoms with van der Waals surface area (Å²) >= 11 is 2.41. The summed E-state index contributed by atoms with van der Waals surface area (Å²) in [4.78, 5) is 87.5. The van der Waals surface area contributed by atoms with E-state index < -0.39 is 75.1 Å². The zero-order valence-electron chi connectivity index (χ0n) is 30.0. The van der Waals surface area contributed by atoms with Crippen LogP contribution in [-0.4, -0.2) is 125 Å². The maximum atomic E-state index is 13.8. The molecule has 0 radical (unpaired) electrons. The topological polar surface area (TPSA) is 259 Å². The minimum absolute atomic E-state index is 0.0548. The third kappa shape index (κ3) is 7.49. The molecule has 17 nitrogen and oxygen atoms in total. The number of hydrogen-bond donors (Lipinski definition) is 6. The van der Waals surface area contributed by atoms with Gasteiger partial charge in [-0.15, -0.1) is 23.1 Å². The van der Waals surface area contributed by atoms with E-state index in [0.717, 1.165) is 17.4 Å². The first-order valence-electron chi connectivity index (χ1n) is 17.4. The van der Waals surface area contributed by atoms with Crippen LogP contribution in [-0.2, 0) is 28.8 Å². The van der Waals surface area contributed by atoms with Gasteiger partial charge in [-0.05, 0) is 32.9 Å². The number of thioether (sulfide) groups is 1. The largest absolute Gasteiger partial charge is 0.504 e. The number of nitrogens with zero attached hydrogens (tertiary/aromatic N) is 4. The highest BCUT2D eigenvalue weighted by Crippen LogP contribution is 2.50. The number of halogens is 1. The molecule has 0 saturated carbocycles. The fraction of sp³-hybridized carbons (Fsp3) is 0.486. The number of rotatable bonds is 14. The van der Waals surface area contributed by atoms with Crippen molar-refractivity contribution in [2.24, 2.45) is 16.5 Å². The monoisotopic (exact) mass is 803 g/mol. The number of anilines is 1. The smallest absolute Gasteiger partial charge is 0.352 e. The number of nitrogens with one attached hydrogen (secondary N) is 1. The third-order valence-corrected chi connectivity index (χ3v) is 13.2. The van der Waals surface area contributed by atoms with E-state index in [1.165, 1.54) is 35.9 Å². The van der Waals surface area contributed by atoms with E-state index in [2.05, 4.69) is 15.5 Å². The van der Waals surface area contributed by atoms with E-state index in [1.54, 1.807) is 0 Å². The van der Waals surface area contributed by atoms with Crippen molar-refractivity contribution in [3.63, 3.8) is 0 Å². The number of oxime groups is 1. The number of β-lactam (4-membered cyclic amide) rings is 1. The molecule has 5 aliphatic rings. The Bertz CT molecular complexity index is 2020. The summed E-state index contributed by atoms with van der Waals surface area (Å²) in [6, 6.07) is 1.50. The normalized spacial score (nSPS) is 26.3. The average Bonchev–Trinajstić information content (AvgIpc) is 3.57. The number of carbonyl (C=O) groups excluding carboxylic acids is 4. The van der Waals surface area contributed by atoms with Gasteiger partial charge in [0.05, 0.1) is 30.9 Å². The van der Waals surface area contributed by atoms with Crippen LogP contribution in [0.4, 0.5) is 9.52 Å². The predicted molar refractivity (Wildman–Crippen MR) is 194 cm³/mol. The number of amides is 2. The van der Waals surface area contributed by atoms with Crippen molar-refractivity contribution in [3.8, 4) is 11.5 Å². The van der Waals surface area contributed by atoms with Gasteiger partial charge in [0.15, 0.2) is 33.9 Å². The molecule has 5 aliphatic heterocycles. The van der Waals surface area contributed by atoms with Gasteiger partial charge in [0.25, 0.3) is 5.91 Å². The number of aromatic nitrogens is 1. The molecule has 4 saturated heterocycles. The molecule has 7 N–H and O–H groups in total. The Balaban J connectivity index is 1.12. The van der Waals surface area contributed by atoms with Crippen LogP contribution >= 0.6 is 23.1 Å². The molecule has 2 bridgehead atoms. The molecule has 4 fully saturated rings. The van der Waals surface area contributed by atoms with Crippen LogP contribution in [0, 0.1) is 17.2 Å². The van der Waals surface area contributed by atoms with Gasteiger partial charge in [-0.25, -0.2) is 19.0 Å². The third-order valence-electron chi connectivity index (χ3n) is 11.0. The number of piperidine rings is 3. The number of phenols is 2. The van der Waals surface area contributed by atoms with Crippen molar-refractivity contribution < 1.29 is 62.9 Å². The number of phenolic OH excluding ortho intramolecular Hbond substituents is 2. The summed E-state index contributed by atoms with van der Waals surface area (Å²) < 4.78 is 14.4. The van der Waals surface area contributed by atoms with Gasteiger partial charge in [0.1, 0.15) is 17.9 Å². The summed E-state index contributed by atoms with van der Waals surface area (Å²) in [7, 11) is 0. The molecule has 0 unspecified atom stereocenters. The minimum atomic E-state index is -1.78. The zero-order chi connectivity index (χ0) is 40.2. The highest BCUT2D eigenvalue weighted by atomic mass is 32.2. The van der Waals surface area contributed by atoms with Crippen molar-refractivity contribution in [3.05, 3.63) is 45.9 Å². The lowest BCUT2D eigenvalue weighted by Crippen LogP contribution is -2.66. The molecule has 0 spiro atoms. The van der Waals surface area contributed by atoms with E-state index in [-0.39, 0.29) is 45.9 Å². The SMILES string of the molecule is C[C@@H]1S[C@@H]2[C@H](CC(=O)/C(=N\OC(C)(C)C(=O)O)c3csc(N)n3)C(=O)N2C(C(=O)O)=C1C[N+]12CCC(CNC(=O)C(=O)c3cc(O)c(O)c(F)c3)(CC1)CC2. The summed E-state index contributed by atoms with van der Waals surface area (Å²) in [5, 5.41) is 46.1. The van der Waals surface area contributed by atoms with Gasteiger partial charge in [-0.1, -0.05) is 5.16 Å². The van der Waals surface area contributed by atoms with Crippen molar-refractivity contribution in [2.45, 2.75) is 62.7 Å². The van der Waals surface area contributed by atoms with Crippen molar-refractivity contribution in [2.75, 3.05) is 38.5 Å². The Hall–Kier alpha value is -5.08. The lowest BCUT2D eigenvalue weighted by molar-refractivity contribution is -0.941. The Morgan fingerprint density at radius 3 is 2.36 bits per heavy atom. The molecule has 294 valence electrons. The number of nitrogen functional groups attached to an aromatic ring is 1. The van der Waals surface area contributed by atoms with Crippen LogP contribution in [0.2, 0.25) is 0 Å². The molecule has 7 rings (SSSR count). The maximum Gasteiger partial charge on any atom is 0.352 e. The highest BCUT2D eigenvalue weighted by molar-refractivity contribution is 8.00. The number of benzene rings is 1. The lowest BCUT2D eigenvalue weighted by Gasteiger charge is -2.56. The summed E-state index contributed by atoms with van der Waals surface area (Å²) in [6.07, 6.45) is 1.66. The quantitative estimate of drug-likeness (QED) is 0.0304. The molecular formula is C35H40FN6O11S2+. The van der Waals surface area contributed by atoms with Gasteiger partial charge < -0.3 is 40.8 Å². The number of carboxylic acids is 2. The first-order chi connectivity index (χ1) is 25.8. The van der Waals surface area contributed by atoms with Crippen LogP contribution in [0.1, 0.15) is 62.5 Å². The number of carbonyl (C=O) groups is 6. The van der Waals surface area contributed by atoms with Crippen LogP contribution < -0.4 is 11.1 Å². The van der Waals surface area contributed by atoms with Crippen LogP contribution in [0.3, 0.4) is 0 Å². The van der Waals surface area contributed by atoms with Crippen molar-refractivity contribution in [1.82, 2.24) is 15.2 Å². The summed E-state index contributed by atoms with van der Waals surface area (Å²) in [5.41, 5.74) is 3.52. The molecule has 1 aromatic heterocycles. The Labute approximate surface area is 321 Å². The average molecular weight is 804 g/mol. The Morgan fingerprint density at radius 2 is 1.80 bits per heavy atom. The first-order valence-corrected chi connectivity index (χ1v) is 19.2. The van der Waals surface area contributed by atoms with Gasteiger partial charge in [-0.3, -0.25) is 24.1 Å². The lowest BCUT2D eigenvalue weighted by atomic mass is 9.70. The molecule has 1 aromatic carbocycles. The van der Waals surface area contributed by atoms with Gasteiger partial charge >= 0.3 is 11.9 Å². The number of thiazole rings is 1. The maximum absolute atomic E-state index is 13.8. The zero-order valence-corrected chi connectivity index (χ0v) is 31.7. The Kier molecular flexibility index (Phi) is 10.5. The standard InChI is InChI=1S/C35H39FN6O11S2/c1-16-19(13-42-7-4-35(5-8-42,6-9-42)15-38-28(47)26(45)17-10-20(36)27(46)23(44)11-17)25(31(49)50)41-29(48)18(30(41)55-16)12-22(43)24(21-14-54-33(37)39-21)40-53-34(2,3)32(51)52/h10-11,14,16,18,30H,4-9,12-13,15H2,1-3H3,(H6-,37,38,39,40,43,44,45,46,47,49,50,51,52)/p+1/t16-,18+,30+,35?,42?/m0/s1. The van der Waals surface area contributed by atoms with E-state index in [1.807, 2.05) is 6.92 Å². The first kappa shape index (κ1) is 39.6. The number of hydrogen-bond acceptors (Lipinski definition) is 14. The van der Waals surface area contributed by atoms with E-state index >= 15 is 0 Å². The number of aliphatic carboxylic acids is 2. The molecule has 20 heteroatoms. The molecule has 3 atom stereocenters. The number of ketones is 2. The second-order valence-corrected chi connectivity index (χ2v) is 17.3. The van der Waals surface area contributed by atoms with E-state index in [9.17, 15) is 53.6 Å².